The van der Waals surface area contributed by atoms with Crippen LogP contribution in [0.1, 0.15) is 31.0 Å². The molecule has 0 radical (unpaired) electrons. The van der Waals surface area contributed by atoms with Gasteiger partial charge in [-0.05, 0) is 12.1 Å². The van der Waals surface area contributed by atoms with Crippen LogP contribution in [0.2, 0.25) is 5.02 Å². The van der Waals surface area contributed by atoms with Crippen molar-refractivity contribution in [1.29, 1.82) is 5.41 Å². The van der Waals surface area contributed by atoms with E-state index >= 15 is 0 Å². The van der Waals surface area contributed by atoms with Gasteiger partial charge >= 0.3 is 0 Å². The van der Waals surface area contributed by atoms with Crippen LogP contribution in [0, 0.1) is 5.41 Å². The van der Waals surface area contributed by atoms with E-state index in [0.717, 1.165) is 5.69 Å². The second-order valence-corrected chi connectivity index (χ2v) is 7.38. The van der Waals surface area contributed by atoms with Crippen molar-refractivity contribution >= 4 is 57.1 Å². The van der Waals surface area contributed by atoms with E-state index in [9.17, 15) is 9.59 Å². The summed E-state index contributed by atoms with van der Waals surface area (Å²) in [5, 5.41) is 13.2. The number of halogens is 1. The fraction of sp³-hybridized carbons (Fsp3) is 0.278. The van der Waals surface area contributed by atoms with Crippen LogP contribution < -0.4 is 16.0 Å². The van der Waals surface area contributed by atoms with E-state index in [1.165, 1.54) is 16.2 Å². The topological polar surface area (TPSA) is 125 Å². The summed E-state index contributed by atoms with van der Waals surface area (Å²) >= 11 is 7.35. The van der Waals surface area contributed by atoms with E-state index in [-0.39, 0.29) is 18.3 Å². The summed E-state index contributed by atoms with van der Waals surface area (Å²) in [5.74, 6) is -0.352. The van der Waals surface area contributed by atoms with Gasteiger partial charge in [-0.2, -0.15) is 0 Å². The van der Waals surface area contributed by atoms with Crippen molar-refractivity contribution in [3.63, 3.8) is 0 Å². The number of carbonyl (C=O) groups is 2. The molecule has 8 nitrogen and oxygen atoms in total. The molecule has 0 aliphatic carbocycles. The molecule has 10 heteroatoms. The number of thiophene rings is 1. The zero-order chi connectivity index (χ0) is 20.3. The minimum atomic E-state index is -0.398. The number of carbonyl (C=O) groups excluding carboxylic acids is 2. The van der Waals surface area contributed by atoms with E-state index in [4.69, 9.17) is 22.7 Å². The Hall–Kier alpha value is -2.78. The molecule has 0 unspecified atom stereocenters. The molecular weight excluding hydrogens is 400 g/mol. The zero-order valence-electron chi connectivity index (χ0n) is 15.2. The van der Waals surface area contributed by atoms with Gasteiger partial charge in [-0.3, -0.25) is 20.0 Å². The van der Waals surface area contributed by atoms with Crippen LogP contribution in [0.4, 0.5) is 10.7 Å². The molecule has 146 valence electrons. The van der Waals surface area contributed by atoms with E-state index in [2.05, 4.69) is 15.3 Å². The van der Waals surface area contributed by atoms with Gasteiger partial charge in [0.2, 0.25) is 11.8 Å². The third kappa shape index (κ3) is 4.20. The molecule has 28 heavy (non-hydrogen) atoms. The number of aliphatic imine (C=N–C) groups is 1. The molecule has 0 bridgehead atoms. The number of aryl methyl sites for hydroxylation is 1. The van der Waals surface area contributed by atoms with Crippen molar-refractivity contribution in [1.82, 2.24) is 4.98 Å². The van der Waals surface area contributed by atoms with Gasteiger partial charge in [-0.15, -0.1) is 11.3 Å². The largest absolute Gasteiger partial charge is 0.387 e. The maximum absolute atomic E-state index is 12.6. The van der Waals surface area contributed by atoms with Crippen molar-refractivity contribution in [3.05, 3.63) is 40.0 Å². The summed E-state index contributed by atoms with van der Waals surface area (Å²) in [5.41, 5.74) is 7.44. The Morgan fingerprint density at radius 1 is 1.50 bits per heavy atom. The number of fused-ring (bicyclic) bond motifs is 1. The van der Waals surface area contributed by atoms with E-state index in [0.29, 0.717) is 46.4 Å². The number of nitrogens with one attached hydrogen (secondary N) is 2. The van der Waals surface area contributed by atoms with E-state index in [1.54, 1.807) is 23.7 Å². The van der Waals surface area contributed by atoms with E-state index in [1.807, 2.05) is 6.92 Å². The molecular formula is C18H19ClN6O2S. The first-order chi connectivity index (χ1) is 13.4. The maximum Gasteiger partial charge on any atom is 0.245 e. The number of nitrogens with two attached hydrogens (primary N) is 1. The molecule has 3 heterocycles. The monoisotopic (exact) mass is 418 g/mol. The summed E-state index contributed by atoms with van der Waals surface area (Å²) in [4.78, 5) is 34.6. The Kier molecular flexibility index (Phi) is 6.05. The summed E-state index contributed by atoms with van der Waals surface area (Å²) < 4.78 is 0. The van der Waals surface area contributed by atoms with Gasteiger partial charge in [0.05, 0.1) is 22.0 Å². The fourth-order valence-corrected chi connectivity index (χ4v) is 3.98. The van der Waals surface area contributed by atoms with Crippen molar-refractivity contribution in [2.24, 2.45) is 10.7 Å². The van der Waals surface area contributed by atoms with Gasteiger partial charge in [0, 0.05) is 30.8 Å². The van der Waals surface area contributed by atoms with Crippen LogP contribution >= 0.6 is 22.9 Å². The lowest BCUT2D eigenvalue weighted by Crippen LogP contribution is -2.41. The summed E-state index contributed by atoms with van der Waals surface area (Å²) in [6.45, 7) is 1.67. The third-order valence-corrected chi connectivity index (χ3v) is 5.51. The van der Waals surface area contributed by atoms with Crippen LogP contribution in [0.25, 0.3) is 0 Å². The number of nitrogens with zero attached hydrogens (tertiary/aromatic N) is 3. The molecule has 0 atom stereocenters. The average molecular weight is 419 g/mol. The van der Waals surface area contributed by atoms with Gasteiger partial charge in [-0.1, -0.05) is 18.5 Å². The van der Waals surface area contributed by atoms with Gasteiger partial charge in [-0.25, -0.2) is 4.99 Å². The number of amidine groups is 2. The molecule has 0 fully saturated rings. The zero-order valence-corrected chi connectivity index (χ0v) is 16.7. The molecule has 0 aromatic carbocycles. The van der Waals surface area contributed by atoms with Crippen LogP contribution in [-0.4, -0.2) is 35.0 Å². The highest BCUT2D eigenvalue weighted by atomic mass is 35.5. The van der Waals surface area contributed by atoms with Gasteiger partial charge in [0.25, 0.3) is 0 Å². The van der Waals surface area contributed by atoms with E-state index < -0.39 is 5.91 Å². The Balaban J connectivity index is 1.78. The predicted molar refractivity (Wildman–Crippen MR) is 112 cm³/mol. The minimum absolute atomic E-state index is 0.121. The maximum atomic E-state index is 12.6. The standard InChI is InChI=1S/C18H19ClN6O2S/c1-2-13(20)23-17(21)16-10(19)9-28-18(16)24-14(26)8-25-12-4-3-7-22-11(12)5-6-15(25)27/h3-4,7,9H,2,5-6,8H2,1H3,(H,24,26)(H3,20,21,23). The highest BCUT2D eigenvalue weighted by Crippen LogP contribution is 2.33. The minimum Gasteiger partial charge on any atom is -0.387 e. The molecule has 2 aromatic rings. The smallest absolute Gasteiger partial charge is 0.245 e. The lowest BCUT2D eigenvalue weighted by molar-refractivity contribution is -0.121. The second kappa shape index (κ2) is 8.49. The van der Waals surface area contributed by atoms with Gasteiger partial charge in [0.15, 0.2) is 5.84 Å². The predicted octanol–water partition coefficient (Wildman–Crippen LogP) is 2.81. The summed E-state index contributed by atoms with van der Waals surface area (Å²) in [7, 11) is 0. The molecule has 2 aromatic heterocycles. The molecule has 2 amide bonds. The molecule has 0 spiro atoms. The molecule has 3 rings (SSSR count). The first kappa shape index (κ1) is 20.0. The number of hydrogen-bond donors (Lipinski definition) is 3. The fourth-order valence-electron chi connectivity index (χ4n) is 2.77. The van der Waals surface area contributed by atoms with Crippen LogP contribution in [-0.2, 0) is 16.0 Å². The van der Waals surface area contributed by atoms with Crippen LogP contribution in [0.15, 0.2) is 28.7 Å². The first-order valence-electron chi connectivity index (χ1n) is 8.63. The Labute approximate surface area is 170 Å². The quantitative estimate of drug-likeness (QED) is 0.510. The first-order valence-corrected chi connectivity index (χ1v) is 9.89. The van der Waals surface area contributed by atoms with Gasteiger partial charge < -0.3 is 16.0 Å². The highest BCUT2D eigenvalue weighted by molar-refractivity contribution is 7.15. The van der Waals surface area contributed by atoms with Crippen molar-refractivity contribution in [2.75, 3.05) is 16.8 Å². The number of aromatic nitrogens is 1. The second-order valence-electron chi connectivity index (χ2n) is 6.09. The number of rotatable bonds is 5. The molecule has 0 saturated heterocycles. The Morgan fingerprint density at radius 3 is 3.04 bits per heavy atom. The molecule has 1 aliphatic heterocycles. The lowest BCUT2D eigenvalue weighted by atomic mass is 10.1. The summed E-state index contributed by atoms with van der Waals surface area (Å²) in [6, 6.07) is 3.51. The van der Waals surface area contributed by atoms with Crippen molar-refractivity contribution in [2.45, 2.75) is 26.2 Å². The number of pyridine rings is 1. The molecule has 4 N–H and O–H groups in total. The Bertz CT molecular complexity index is 971. The normalized spacial score (nSPS) is 14.0. The number of anilines is 2. The SMILES string of the molecule is CCC(N)=NC(=N)c1c(Cl)csc1NC(=O)CN1C(=O)CCc2ncccc21. The van der Waals surface area contributed by atoms with Crippen molar-refractivity contribution < 1.29 is 9.59 Å². The van der Waals surface area contributed by atoms with Crippen LogP contribution in [0.3, 0.4) is 0 Å². The lowest BCUT2D eigenvalue weighted by Gasteiger charge is -2.27. The number of amides is 2. The molecule has 1 aliphatic rings. The highest BCUT2D eigenvalue weighted by Gasteiger charge is 2.27. The molecule has 0 saturated carbocycles. The Morgan fingerprint density at radius 2 is 2.29 bits per heavy atom. The average Bonchev–Trinajstić information content (AvgIpc) is 3.04. The number of hydrogen-bond acceptors (Lipinski definition) is 5. The van der Waals surface area contributed by atoms with Crippen LogP contribution in [0.5, 0.6) is 0 Å². The van der Waals surface area contributed by atoms with Crippen molar-refractivity contribution in [3.8, 4) is 0 Å². The third-order valence-electron chi connectivity index (χ3n) is 4.19. The van der Waals surface area contributed by atoms with Gasteiger partial charge in [0.1, 0.15) is 17.4 Å². The summed E-state index contributed by atoms with van der Waals surface area (Å²) in [6.07, 6.45) is 3.03.